The number of amides is 2. The number of likely N-dealkylation sites (tertiary alicyclic amines) is 2. The zero-order chi connectivity index (χ0) is 22.7. The van der Waals surface area contributed by atoms with Gasteiger partial charge in [0.1, 0.15) is 6.04 Å². The van der Waals surface area contributed by atoms with Crippen LogP contribution in [0.25, 0.3) is 10.9 Å². The lowest BCUT2D eigenvalue weighted by Gasteiger charge is -2.40. The minimum Gasteiger partial charge on any atom is -0.379 e. The van der Waals surface area contributed by atoms with Crippen molar-refractivity contribution in [2.75, 3.05) is 40.3 Å². The molecule has 182 valence electrons. The summed E-state index contributed by atoms with van der Waals surface area (Å²) in [6.45, 7) is 5.71. The Labute approximate surface area is 202 Å². The van der Waals surface area contributed by atoms with E-state index in [9.17, 15) is 9.59 Å². The lowest BCUT2D eigenvalue weighted by atomic mass is 9.79. The van der Waals surface area contributed by atoms with Gasteiger partial charge in [0.05, 0.1) is 6.10 Å². The first kappa shape index (κ1) is 25.5. The molecule has 4 rings (SSSR count). The molecule has 0 bridgehead atoms. The Hall–Kier alpha value is -2.09. The Morgan fingerprint density at radius 3 is 2.33 bits per heavy atom. The van der Waals surface area contributed by atoms with Crippen molar-refractivity contribution in [2.24, 2.45) is 11.8 Å². The second kappa shape index (κ2) is 11.4. The van der Waals surface area contributed by atoms with Crippen molar-refractivity contribution in [1.29, 1.82) is 0 Å². The van der Waals surface area contributed by atoms with Gasteiger partial charge in [-0.2, -0.15) is 0 Å². The quantitative estimate of drug-likeness (QED) is 0.670. The van der Waals surface area contributed by atoms with Crippen LogP contribution in [0.15, 0.2) is 30.5 Å². The number of fused-ring (bicyclic) bond motifs is 1. The number of methoxy groups -OCH3 is 1. The van der Waals surface area contributed by atoms with Gasteiger partial charge in [0.25, 0.3) is 5.91 Å². The van der Waals surface area contributed by atoms with E-state index in [-0.39, 0.29) is 24.2 Å². The van der Waals surface area contributed by atoms with Gasteiger partial charge >= 0.3 is 0 Å². The van der Waals surface area contributed by atoms with Gasteiger partial charge in [-0.15, -0.1) is 12.4 Å². The zero-order valence-corrected chi connectivity index (χ0v) is 20.7. The number of hydrogen-bond donors (Lipinski definition) is 2. The number of aromatic amines is 1. The Bertz CT molecular complexity index is 933. The molecule has 2 fully saturated rings. The van der Waals surface area contributed by atoms with Crippen molar-refractivity contribution in [3.63, 3.8) is 0 Å². The van der Waals surface area contributed by atoms with Crippen molar-refractivity contribution >= 4 is 35.1 Å². The molecule has 2 aliphatic heterocycles. The molecule has 0 unspecified atom stereocenters. The third-order valence-electron chi connectivity index (χ3n) is 7.49. The van der Waals surface area contributed by atoms with Gasteiger partial charge in [-0.1, -0.05) is 6.07 Å². The van der Waals surface area contributed by atoms with Crippen LogP contribution in [0.2, 0.25) is 0 Å². The third-order valence-corrected chi connectivity index (χ3v) is 7.49. The molecule has 1 aromatic carbocycles. The smallest absolute Gasteiger partial charge is 0.252 e. The number of ether oxygens (including phenoxy) is 1. The third kappa shape index (κ3) is 5.89. The fraction of sp³-hybridized carbons (Fsp3) is 0.600. The number of benzene rings is 1. The predicted molar refractivity (Wildman–Crippen MR) is 133 cm³/mol. The second-order valence-corrected chi connectivity index (χ2v) is 9.48. The van der Waals surface area contributed by atoms with Gasteiger partial charge < -0.3 is 24.8 Å². The summed E-state index contributed by atoms with van der Waals surface area (Å²) in [7, 11) is 3.77. The maximum absolute atomic E-state index is 13.4. The van der Waals surface area contributed by atoms with E-state index < -0.39 is 12.1 Å². The second-order valence-electron chi connectivity index (χ2n) is 9.48. The highest BCUT2D eigenvalue weighted by Crippen LogP contribution is 2.32. The Balaban J connectivity index is 0.00000306. The van der Waals surface area contributed by atoms with E-state index in [4.69, 9.17) is 4.74 Å². The van der Waals surface area contributed by atoms with Crippen LogP contribution >= 0.6 is 12.4 Å². The van der Waals surface area contributed by atoms with Crippen LogP contribution in [0.3, 0.4) is 0 Å². The monoisotopic (exact) mass is 476 g/mol. The number of halogens is 1. The first-order valence-corrected chi connectivity index (χ1v) is 11.8. The number of nitrogens with zero attached hydrogens (tertiary/aromatic N) is 2. The van der Waals surface area contributed by atoms with E-state index in [1.54, 1.807) is 13.2 Å². The Morgan fingerprint density at radius 1 is 1.06 bits per heavy atom. The van der Waals surface area contributed by atoms with Crippen molar-refractivity contribution in [2.45, 2.75) is 44.8 Å². The van der Waals surface area contributed by atoms with Crippen LogP contribution in [-0.2, 0) is 9.53 Å². The highest BCUT2D eigenvalue weighted by atomic mass is 35.5. The van der Waals surface area contributed by atoms with Crippen LogP contribution in [0.4, 0.5) is 0 Å². The largest absolute Gasteiger partial charge is 0.379 e. The highest BCUT2D eigenvalue weighted by Gasteiger charge is 2.35. The van der Waals surface area contributed by atoms with E-state index in [0.717, 1.165) is 42.8 Å². The number of H-pyrrole nitrogens is 1. The SMILES string of the molecule is CO[C@@H](C)[C@@H](NC(=O)c1ccc2cc[nH]c2c1)C(=O)N1CCC(C2CCN(C)CC2)CC1.Cl. The van der Waals surface area contributed by atoms with Crippen molar-refractivity contribution in [3.8, 4) is 0 Å². The molecule has 2 aliphatic rings. The number of piperidine rings is 2. The summed E-state index contributed by atoms with van der Waals surface area (Å²) >= 11 is 0. The highest BCUT2D eigenvalue weighted by molar-refractivity contribution is 6.00. The molecule has 8 heteroatoms. The molecule has 2 N–H and O–H groups in total. The number of rotatable bonds is 6. The summed E-state index contributed by atoms with van der Waals surface area (Å²) in [5.41, 5.74) is 1.43. The minimum atomic E-state index is -0.702. The number of carbonyl (C=O) groups is 2. The van der Waals surface area contributed by atoms with Gasteiger partial charge in [0.2, 0.25) is 5.91 Å². The summed E-state index contributed by atoms with van der Waals surface area (Å²) in [5.74, 6) is 1.17. The van der Waals surface area contributed by atoms with Gasteiger partial charge in [-0.3, -0.25) is 9.59 Å². The molecule has 2 atom stereocenters. The molecule has 0 radical (unpaired) electrons. The van der Waals surface area contributed by atoms with Gasteiger partial charge in [-0.05, 0) is 88.2 Å². The number of hydrogen-bond acceptors (Lipinski definition) is 4. The Kier molecular flexibility index (Phi) is 8.79. The number of carbonyl (C=O) groups excluding carboxylic acids is 2. The van der Waals surface area contributed by atoms with E-state index >= 15 is 0 Å². The summed E-state index contributed by atoms with van der Waals surface area (Å²) < 4.78 is 5.47. The van der Waals surface area contributed by atoms with Crippen LogP contribution in [0, 0.1) is 11.8 Å². The van der Waals surface area contributed by atoms with E-state index in [0.29, 0.717) is 11.5 Å². The summed E-state index contributed by atoms with van der Waals surface area (Å²) in [4.78, 5) is 33.8. The molecule has 0 aliphatic carbocycles. The van der Waals surface area contributed by atoms with E-state index in [1.807, 2.05) is 36.2 Å². The standard InChI is InChI=1S/C25H36N4O3.ClH/c1-17(32-3)23(27-24(30)21-5-4-20-6-11-26-22(20)16-21)25(31)29-14-9-19(10-15-29)18-7-12-28(2)13-8-18;/h4-6,11,16-19,23,26H,7-10,12-15H2,1-3H3,(H,27,30);1H/t17-,23+;/m0./s1. The summed E-state index contributed by atoms with van der Waals surface area (Å²) in [6, 6.07) is 6.78. The lowest BCUT2D eigenvalue weighted by Crippen LogP contribution is -2.55. The van der Waals surface area contributed by atoms with Crippen molar-refractivity contribution in [3.05, 3.63) is 36.0 Å². The van der Waals surface area contributed by atoms with Gasteiger partial charge in [-0.25, -0.2) is 0 Å². The molecule has 0 spiro atoms. The number of aromatic nitrogens is 1. The maximum Gasteiger partial charge on any atom is 0.252 e. The van der Waals surface area contributed by atoms with Gasteiger partial charge in [0, 0.05) is 37.5 Å². The van der Waals surface area contributed by atoms with E-state index in [2.05, 4.69) is 22.2 Å². The molecular formula is C25H37ClN4O3. The summed E-state index contributed by atoms with van der Waals surface area (Å²) in [5, 5.41) is 3.99. The minimum absolute atomic E-state index is 0. The van der Waals surface area contributed by atoms with Crippen LogP contribution < -0.4 is 5.32 Å². The molecule has 7 nitrogen and oxygen atoms in total. The average molecular weight is 477 g/mol. The fourth-order valence-corrected chi connectivity index (χ4v) is 5.22. The van der Waals surface area contributed by atoms with Crippen LogP contribution in [0.5, 0.6) is 0 Å². The number of nitrogens with one attached hydrogen (secondary N) is 2. The van der Waals surface area contributed by atoms with Gasteiger partial charge in [0.15, 0.2) is 0 Å². The zero-order valence-electron chi connectivity index (χ0n) is 19.9. The maximum atomic E-state index is 13.4. The van der Waals surface area contributed by atoms with Crippen molar-refractivity contribution < 1.29 is 14.3 Å². The first-order chi connectivity index (χ1) is 15.5. The average Bonchev–Trinajstić information content (AvgIpc) is 3.30. The molecule has 2 aromatic rings. The Morgan fingerprint density at radius 2 is 1.70 bits per heavy atom. The molecule has 0 saturated carbocycles. The topological polar surface area (TPSA) is 77.7 Å². The molecular weight excluding hydrogens is 440 g/mol. The molecule has 33 heavy (non-hydrogen) atoms. The van der Waals surface area contributed by atoms with E-state index in [1.165, 1.54) is 25.9 Å². The lowest BCUT2D eigenvalue weighted by molar-refractivity contribution is -0.138. The first-order valence-electron chi connectivity index (χ1n) is 11.8. The molecule has 1 aromatic heterocycles. The van der Waals surface area contributed by atoms with Crippen LogP contribution in [-0.4, -0.2) is 79.1 Å². The fourth-order valence-electron chi connectivity index (χ4n) is 5.22. The summed E-state index contributed by atoms with van der Waals surface area (Å²) in [6.07, 6.45) is 6.06. The van der Waals surface area contributed by atoms with Crippen molar-refractivity contribution in [1.82, 2.24) is 20.1 Å². The van der Waals surface area contributed by atoms with Crippen LogP contribution in [0.1, 0.15) is 43.0 Å². The molecule has 3 heterocycles. The molecule has 2 saturated heterocycles. The molecule has 2 amide bonds. The normalized spacial score (nSPS) is 20.3. The predicted octanol–water partition coefficient (Wildman–Crippen LogP) is 3.30.